The second kappa shape index (κ2) is 7.45. The van der Waals surface area contributed by atoms with E-state index in [9.17, 15) is 4.39 Å². The molecule has 1 aliphatic rings. The highest BCUT2D eigenvalue weighted by molar-refractivity contribution is 5.71. The van der Waals surface area contributed by atoms with Crippen molar-refractivity contribution in [1.82, 2.24) is 24.8 Å². The van der Waals surface area contributed by atoms with Gasteiger partial charge >= 0.3 is 0 Å². The minimum Gasteiger partial charge on any atom is -0.369 e. The van der Waals surface area contributed by atoms with Crippen LogP contribution in [-0.4, -0.2) is 31.4 Å². The molecular weight excluding hydrogens is 341 g/mol. The molecule has 134 valence electrons. The van der Waals surface area contributed by atoms with E-state index in [1.54, 1.807) is 24.7 Å². The van der Waals surface area contributed by atoms with E-state index in [2.05, 4.69) is 49.3 Å². The standard InChI is InChI=1S/C21H18FN5/c1-15-9-16(11-26-21(15)17-4-5-25-20(22)10-17)13-27-8-2-3-18(14-27)19-12-23-6-7-24-19/h2-7,9-12,14H,8,13H2,1H3. The summed E-state index contributed by atoms with van der Waals surface area (Å²) in [6.07, 6.45) is 14.7. The van der Waals surface area contributed by atoms with Crippen LogP contribution in [0.3, 0.4) is 0 Å². The maximum atomic E-state index is 13.4. The first-order valence-electron chi connectivity index (χ1n) is 8.65. The highest BCUT2D eigenvalue weighted by atomic mass is 19.1. The molecule has 0 aromatic carbocycles. The van der Waals surface area contributed by atoms with Gasteiger partial charge in [-0.1, -0.05) is 18.2 Å². The fourth-order valence-corrected chi connectivity index (χ4v) is 3.12. The second-order valence-corrected chi connectivity index (χ2v) is 6.38. The molecule has 4 rings (SSSR count). The number of aromatic nitrogens is 4. The molecule has 1 aliphatic heterocycles. The largest absolute Gasteiger partial charge is 0.369 e. The van der Waals surface area contributed by atoms with Gasteiger partial charge in [-0.2, -0.15) is 4.39 Å². The van der Waals surface area contributed by atoms with Crippen LogP contribution in [0.2, 0.25) is 0 Å². The molecular formula is C21H18FN5. The summed E-state index contributed by atoms with van der Waals surface area (Å²) in [6, 6.07) is 5.26. The lowest BCUT2D eigenvalue weighted by Crippen LogP contribution is -2.20. The van der Waals surface area contributed by atoms with Crippen molar-refractivity contribution in [3.63, 3.8) is 0 Å². The molecule has 0 amide bonds. The zero-order chi connectivity index (χ0) is 18.6. The third-order valence-corrected chi connectivity index (χ3v) is 4.34. The Morgan fingerprint density at radius 1 is 1.07 bits per heavy atom. The van der Waals surface area contributed by atoms with E-state index in [0.717, 1.165) is 46.7 Å². The summed E-state index contributed by atoms with van der Waals surface area (Å²) in [5, 5.41) is 0. The number of halogens is 1. The van der Waals surface area contributed by atoms with Crippen molar-refractivity contribution in [3.8, 4) is 11.3 Å². The Morgan fingerprint density at radius 3 is 2.78 bits per heavy atom. The molecule has 4 heterocycles. The fraction of sp³-hybridized carbons (Fsp3) is 0.143. The highest BCUT2D eigenvalue weighted by Gasteiger charge is 2.11. The molecule has 5 nitrogen and oxygen atoms in total. The highest BCUT2D eigenvalue weighted by Crippen LogP contribution is 2.23. The third-order valence-electron chi connectivity index (χ3n) is 4.34. The van der Waals surface area contributed by atoms with E-state index in [1.807, 2.05) is 13.1 Å². The van der Waals surface area contributed by atoms with Gasteiger partial charge in [0, 0.05) is 61.3 Å². The van der Waals surface area contributed by atoms with Gasteiger partial charge in [0.2, 0.25) is 5.95 Å². The first-order valence-corrected chi connectivity index (χ1v) is 8.65. The van der Waals surface area contributed by atoms with E-state index in [-0.39, 0.29) is 0 Å². The fourth-order valence-electron chi connectivity index (χ4n) is 3.12. The molecule has 0 N–H and O–H groups in total. The molecule has 3 aromatic heterocycles. The first kappa shape index (κ1) is 17.0. The normalized spacial score (nSPS) is 13.6. The van der Waals surface area contributed by atoms with Crippen LogP contribution in [0.5, 0.6) is 0 Å². The predicted octanol–water partition coefficient (Wildman–Crippen LogP) is 3.79. The lowest BCUT2D eigenvalue weighted by molar-refractivity contribution is 0.406. The summed E-state index contributed by atoms with van der Waals surface area (Å²) in [5.74, 6) is -0.500. The SMILES string of the molecule is Cc1cc(CN2C=C(c3cnccn3)C=CC2)cnc1-c1ccnc(F)c1. The van der Waals surface area contributed by atoms with Crippen molar-refractivity contribution >= 4 is 5.57 Å². The number of aryl methyl sites for hydroxylation is 1. The Bertz CT molecular complexity index is 1010. The molecule has 0 bridgehead atoms. The Labute approximate surface area is 157 Å². The number of rotatable bonds is 4. The average Bonchev–Trinajstić information content (AvgIpc) is 2.69. The van der Waals surface area contributed by atoms with Crippen LogP contribution < -0.4 is 0 Å². The zero-order valence-corrected chi connectivity index (χ0v) is 14.9. The Kier molecular flexibility index (Phi) is 4.70. The molecule has 6 heteroatoms. The van der Waals surface area contributed by atoms with Crippen LogP contribution in [0.15, 0.2) is 67.5 Å². The van der Waals surface area contributed by atoms with Crippen molar-refractivity contribution in [2.45, 2.75) is 13.5 Å². The summed E-state index contributed by atoms with van der Waals surface area (Å²) in [7, 11) is 0. The van der Waals surface area contributed by atoms with Gasteiger partial charge in [-0.25, -0.2) is 4.98 Å². The van der Waals surface area contributed by atoms with Gasteiger partial charge in [-0.15, -0.1) is 0 Å². The summed E-state index contributed by atoms with van der Waals surface area (Å²) in [5.41, 5.74) is 5.48. The van der Waals surface area contributed by atoms with E-state index in [4.69, 9.17) is 0 Å². The van der Waals surface area contributed by atoms with E-state index in [0.29, 0.717) is 0 Å². The Hall–Kier alpha value is -3.41. The number of pyridine rings is 2. The van der Waals surface area contributed by atoms with Crippen LogP contribution in [0, 0.1) is 12.9 Å². The number of hydrogen-bond acceptors (Lipinski definition) is 5. The van der Waals surface area contributed by atoms with Crippen LogP contribution in [0.1, 0.15) is 16.8 Å². The lowest BCUT2D eigenvalue weighted by Gasteiger charge is -2.23. The van der Waals surface area contributed by atoms with Gasteiger partial charge in [0.05, 0.1) is 17.6 Å². The van der Waals surface area contributed by atoms with Crippen molar-refractivity contribution < 1.29 is 4.39 Å². The maximum absolute atomic E-state index is 13.4. The predicted molar refractivity (Wildman–Crippen MR) is 102 cm³/mol. The van der Waals surface area contributed by atoms with Crippen LogP contribution in [0.4, 0.5) is 4.39 Å². The smallest absolute Gasteiger partial charge is 0.213 e. The quantitative estimate of drug-likeness (QED) is 0.663. The zero-order valence-electron chi connectivity index (χ0n) is 14.9. The van der Waals surface area contributed by atoms with Gasteiger partial charge in [-0.05, 0) is 24.1 Å². The molecule has 0 saturated heterocycles. The molecule has 0 unspecified atom stereocenters. The molecule has 0 spiro atoms. The molecule has 0 atom stereocenters. The van der Waals surface area contributed by atoms with Crippen molar-refractivity contribution in [1.29, 1.82) is 0 Å². The van der Waals surface area contributed by atoms with E-state index >= 15 is 0 Å². The molecule has 0 fully saturated rings. The van der Waals surface area contributed by atoms with Crippen LogP contribution in [-0.2, 0) is 6.54 Å². The molecule has 0 radical (unpaired) electrons. The molecule has 3 aromatic rings. The van der Waals surface area contributed by atoms with E-state index < -0.39 is 5.95 Å². The first-order chi connectivity index (χ1) is 13.2. The monoisotopic (exact) mass is 359 g/mol. The van der Waals surface area contributed by atoms with Gasteiger partial charge in [0.1, 0.15) is 0 Å². The summed E-state index contributed by atoms with van der Waals surface area (Å²) in [6.45, 7) is 3.54. The van der Waals surface area contributed by atoms with Gasteiger partial charge in [-0.3, -0.25) is 15.0 Å². The van der Waals surface area contributed by atoms with Gasteiger partial charge < -0.3 is 4.90 Å². The number of nitrogens with zero attached hydrogens (tertiary/aromatic N) is 5. The Balaban J connectivity index is 1.54. The topological polar surface area (TPSA) is 54.8 Å². The molecule has 27 heavy (non-hydrogen) atoms. The maximum Gasteiger partial charge on any atom is 0.213 e. The second-order valence-electron chi connectivity index (χ2n) is 6.38. The van der Waals surface area contributed by atoms with Crippen molar-refractivity contribution in [2.24, 2.45) is 0 Å². The average molecular weight is 359 g/mol. The lowest BCUT2D eigenvalue weighted by atomic mass is 10.1. The van der Waals surface area contributed by atoms with Crippen LogP contribution >= 0.6 is 0 Å². The van der Waals surface area contributed by atoms with Crippen molar-refractivity contribution in [2.75, 3.05) is 6.54 Å². The number of allylic oxidation sites excluding steroid dienone is 2. The number of hydrogen-bond donors (Lipinski definition) is 0. The van der Waals surface area contributed by atoms with Crippen LogP contribution in [0.25, 0.3) is 16.8 Å². The summed E-state index contributed by atoms with van der Waals surface area (Å²) >= 11 is 0. The minimum atomic E-state index is -0.500. The summed E-state index contributed by atoms with van der Waals surface area (Å²) in [4.78, 5) is 18.8. The molecule has 0 aliphatic carbocycles. The minimum absolute atomic E-state index is 0.500. The third kappa shape index (κ3) is 3.89. The van der Waals surface area contributed by atoms with Crippen molar-refractivity contribution in [3.05, 3.63) is 90.3 Å². The summed E-state index contributed by atoms with van der Waals surface area (Å²) < 4.78 is 13.4. The van der Waals surface area contributed by atoms with Gasteiger partial charge in [0.25, 0.3) is 0 Å². The Morgan fingerprint density at radius 2 is 2.00 bits per heavy atom. The van der Waals surface area contributed by atoms with Gasteiger partial charge in [0.15, 0.2) is 0 Å². The molecule has 0 saturated carbocycles. The van der Waals surface area contributed by atoms with E-state index in [1.165, 1.54) is 12.3 Å².